The third kappa shape index (κ3) is 3.63. The highest BCUT2D eigenvalue weighted by molar-refractivity contribution is 5.55. The molecule has 5 heteroatoms. The molecule has 0 aliphatic rings. The van der Waals surface area contributed by atoms with Gasteiger partial charge in [0, 0.05) is 18.3 Å². The highest BCUT2D eigenvalue weighted by Crippen LogP contribution is 2.29. The van der Waals surface area contributed by atoms with Crippen molar-refractivity contribution in [2.24, 2.45) is 0 Å². The first kappa shape index (κ1) is 14.7. The molecular formula is C16H15FN2O2. The molecule has 0 radical (unpaired) electrons. The Morgan fingerprint density at radius 2 is 1.86 bits per heavy atom. The van der Waals surface area contributed by atoms with Gasteiger partial charge in [-0.2, -0.15) is 5.26 Å². The lowest BCUT2D eigenvalue weighted by Crippen LogP contribution is -2.01. The number of nitrogens with one attached hydrogen (secondary N) is 1. The van der Waals surface area contributed by atoms with E-state index in [1.807, 2.05) is 12.1 Å². The third-order valence-corrected chi connectivity index (χ3v) is 2.97. The molecule has 4 nitrogen and oxygen atoms in total. The van der Waals surface area contributed by atoms with Crippen molar-refractivity contribution in [3.05, 3.63) is 53.3 Å². The maximum Gasteiger partial charge on any atom is 0.162 e. The van der Waals surface area contributed by atoms with Gasteiger partial charge in [0.1, 0.15) is 5.82 Å². The minimum Gasteiger partial charge on any atom is -0.493 e. The monoisotopic (exact) mass is 286 g/mol. The van der Waals surface area contributed by atoms with Crippen LogP contribution in [0.4, 0.5) is 10.1 Å². The molecule has 0 bridgehead atoms. The molecule has 0 spiro atoms. The summed E-state index contributed by atoms with van der Waals surface area (Å²) in [6.45, 7) is 0.405. The Balaban J connectivity index is 2.13. The van der Waals surface area contributed by atoms with Gasteiger partial charge in [0.05, 0.1) is 25.9 Å². The molecule has 0 unspecified atom stereocenters. The van der Waals surface area contributed by atoms with Crippen LogP contribution in [0.15, 0.2) is 36.4 Å². The van der Waals surface area contributed by atoms with Crippen LogP contribution in [0.2, 0.25) is 0 Å². The first-order valence-electron chi connectivity index (χ1n) is 6.31. The standard InChI is InChI=1S/C16H15FN2O2/c1-20-15-4-3-14(8-16(15)21-2)19-10-12-5-11(9-18)6-13(17)7-12/h3-8,19H,10H2,1-2H3. The van der Waals surface area contributed by atoms with Crippen LogP contribution in [0.3, 0.4) is 0 Å². The molecular weight excluding hydrogens is 271 g/mol. The van der Waals surface area contributed by atoms with E-state index in [2.05, 4.69) is 5.32 Å². The van der Waals surface area contributed by atoms with Crippen molar-refractivity contribution in [2.75, 3.05) is 19.5 Å². The minimum absolute atomic E-state index is 0.305. The molecule has 0 fully saturated rings. The van der Waals surface area contributed by atoms with E-state index in [1.165, 1.54) is 12.1 Å². The number of nitrogens with zero attached hydrogens (tertiary/aromatic N) is 1. The minimum atomic E-state index is -0.418. The maximum absolute atomic E-state index is 13.3. The zero-order valence-electron chi connectivity index (χ0n) is 11.8. The molecule has 0 saturated carbocycles. The van der Waals surface area contributed by atoms with E-state index in [0.717, 1.165) is 5.69 Å². The summed E-state index contributed by atoms with van der Waals surface area (Å²) in [6, 6.07) is 11.6. The normalized spacial score (nSPS) is 9.81. The lowest BCUT2D eigenvalue weighted by atomic mass is 10.1. The van der Waals surface area contributed by atoms with E-state index in [1.54, 1.807) is 32.4 Å². The number of rotatable bonds is 5. The van der Waals surface area contributed by atoms with Crippen molar-refractivity contribution in [2.45, 2.75) is 6.54 Å². The number of anilines is 1. The predicted molar refractivity (Wildman–Crippen MR) is 78.0 cm³/mol. The second-order valence-electron chi connectivity index (χ2n) is 4.38. The molecule has 2 rings (SSSR count). The molecule has 108 valence electrons. The highest BCUT2D eigenvalue weighted by Gasteiger charge is 2.05. The number of benzene rings is 2. The molecule has 0 aliphatic heterocycles. The summed E-state index contributed by atoms with van der Waals surface area (Å²) in [5.41, 5.74) is 1.82. The van der Waals surface area contributed by atoms with E-state index in [-0.39, 0.29) is 0 Å². The second kappa shape index (κ2) is 6.62. The Labute approximate surface area is 122 Å². The van der Waals surface area contributed by atoms with E-state index in [0.29, 0.717) is 29.2 Å². The van der Waals surface area contributed by atoms with Gasteiger partial charge in [0.25, 0.3) is 0 Å². The number of methoxy groups -OCH3 is 2. The van der Waals surface area contributed by atoms with Crippen LogP contribution in [0, 0.1) is 17.1 Å². The van der Waals surface area contributed by atoms with Crippen LogP contribution >= 0.6 is 0 Å². The fraction of sp³-hybridized carbons (Fsp3) is 0.188. The van der Waals surface area contributed by atoms with Crippen LogP contribution in [-0.4, -0.2) is 14.2 Å². The number of ether oxygens (including phenoxy) is 2. The van der Waals surface area contributed by atoms with E-state index in [4.69, 9.17) is 14.7 Å². The Kier molecular flexibility index (Phi) is 4.62. The van der Waals surface area contributed by atoms with Gasteiger partial charge in [-0.15, -0.1) is 0 Å². The zero-order valence-corrected chi connectivity index (χ0v) is 11.8. The Morgan fingerprint density at radius 1 is 1.10 bits per heavy atom. The number of hydrogen-bond donors (Lipinski definition) is 1. The average Bonchev–Trinajstić information content (AvgIpc) is 2.52. The van der Waals surface area contributed by atoms with Crippen molar-refractivity contribution >= 4 is 5.69 Å². The molecule has 0 aliphatic carbocycles. The van der Waals surface area contributed by atoms with Crippen molar-refractivity contribution < 1.29 is 13.9 Å². The van der Waals surface area contributed by atoms with Crippen LogP contribution in [0.25, 0.3) is 0 Å². The Hall–Kier alpha value is -2.74. The molecule has 0 heterocycles. The van der Waals surface area contributed by atoms with Gasteiger partial charge in [0.15, 0.2) is 11.5 Å². The summed E-state index contributed by atoms with van der Waals surface area (Å²) < 4.78 is 23.7. The van der Waals surface area contributed by atoms with E-state index in [9.17, 15) is 4.39 Å². The van der Waals surface area contributed by atoms with Crippen molar-refractivity contribution in [3.8, 4) is 17.6 Å². The highest BCUT2D eigenvalue weighted by atomic mass is 19.1. The summed E-state index contributed by atoms with van der Waals surface area (Å²) in [6.07, 6.45) is 0. The van der Waals surface area contributed by atoms with Gasteiger partial charge in [0.2, 0.25) is 0 Å². The van der Waals surface area contributed by atoms with Gasteiger partial charge in [-0.1, -0.05) is 0 Å². The van der Waals surface area contributed by atoms with Crippen LogP contribution in [0.1, 0.15) is 11.1 Å². The molecule has 2 aromatic carbocycles. The lowest BCUT2D eigenvalue weighted by molar-refractivity contribution is 0.355. The second-order valence-corrected chi connectivity index (χ2v) is 4.38. The van der Waals surface area contributed by atoms with Crippen LogP contribution < -0.4 is 14.8 Å². The predicted octanol–water partition coefficient (Wildman–Crippen LogP) is 3.33. The van der Waals surface area contributed by atoms with Crippen molar-refractivity contribution in [3.63, 3.8) is 0 Å². The van der Waals surface area contributed by atoms with Crippen molar-refractivity contribution in [1.82, 2.24) is 0 Å². The zero-order chi connectivity index (χ0) is 15.2. The molecule has 0 saturated heterocycles. The van der Waals surface area contributed by atoms with E-state index >= 15 is 0 Å². The van der Waals surface area contributed by atoms with Crippen LogP contribution in [-0.2, 0) is 6.54 Å². The summed E-state index contributed by atoms with van der Waals surface area (Å²) in [5, 5.41) is 12.0. The molecule has 0 amide bonds. The van der Waals surface area contributed by atoms with E-state index < -0.39 is 5.82 Å². The first-order chi connectivity index (χ1) is 10.2. The molecule has 0 atom stereocenters. The van der Waals surface area contributed by atoms with Crippen molar-refractivity contribution in [1.29, 1.82) is 5.26 Å². The number of nitriles is 1. The molecule has 21 heavy (non-hydrogen) atoms. The molecule has 2 aromatic rings. The maximum atomic E-state index is 13.3. The summed E-state index contributed by atoms with van der Waals surface area (Å²) in [4.78, 5) is 0. The van der Waals surface area contributed by atoms with Gasteiger partial charge >= 0.3 is 0 Å². The Bertz CT molecular complexity index is 680. The SMILES string of the molecule is COc1ccc(NCc2cc(F)cc(C#N)c2)cc1OC. The summed E-state index contributed by atoms with van der Waals surface area (Å²) in [7, 11) is 3.13. The molecule has 1 N–H and O–H groups in total. The largest absolute Gasteiger partial charge is 0.493 e. The average molecular weight is 286 g/mol. The summed E-state index contributed by atoms with van der Waals surface area (Å²) in [5.74, 6) is 0.832. The quantitative estimate of drug-likeness (QED) is 0.916. The fourth-order valence-electron chi connectivity index (χ4n) is 1.97. The van der Waals surface area contributed by atoms with Gasteiger partial charge in [-0.25, -0.2) is 4.39 Å². The van der Waals surface area contributed by atoms with Gasteiger partial charge in [-0.05, 0) is 35.9 Å². The topological polar surface area (TPSA) is 54.3 Å². The lowest BCUT2D eigenvalue weighted by Gasteiger charge is -2.11. The van der Waals surface area contributed by atoms with Gasteiger partial charge < -0.3 is 14.8 Å². The fourth-order valence-corrected chi connectivity index (χ4v) is 1.97. The first-order valence-corrected chi connectivity index (χ1v) is 6.31. The number of hydrogen-bond acceptors (Lipinski definition) is 4. The molecule has 0 aromatic heterocycles. The number of halogens is 1. The van der Waals surface area contributed by atoms with Crippen LogP contribution in [0.5, 0.6) is 11.5 Å². The third-order valence-electron chi connectivity index (χ3n) is 2.97. The Morgan fingerprint density at radius 3 is 2.52 bits per heavy atom. The van der Waals surface area contributed by atoms with Gasteiger partial charge in [-0.3, -0.25) is 0 Å². The smallest absolute Gasteiger partial charge is 0.162 e. The summed E-state index contributed by atoms with van der Waals surface area (Å²) >= 11 is 0.